The van der Waals surface area contributed by atoms with E-state index in [1.807, 2.05) is 29.0 Å². The SMILES string of the molecule is CNC(=O)CN1CCC(Nc2ncc(Cl)c(-n3ccc4ncccc43)n2)CC1. The van der Waals surface area contributed by atoms with Gasteiger partial charge < -0.3 is 10.6 Å². The highest BCUT2D eigenvalue weighted by atomic mass is 35.5. The number of anilines is 1. The molecule has 0 radical (unpaired) electrons. The lowest BCUT2D eigenvalue weighted by atomic mass is 10.1. The zero-order valence-corrected chi connectivity index (χ0v) is 16.4. The van der Waals surface area contributed by atoms with Crippen molar-refractivity contribution in [3.63, 3.8) is 0 Å². The van der Waals surface area contributed by atoms with E-state index in [4.69, 9.17) is 11.6 Å². The lowest BCUT2D eigenvalue weighted by Crippen LogP contribution is -2.43. The molecule has 9 heteroatoms. The van der Waals surface area contributed by atoms with E-state index in [-0.39, 0.29) is 11.9 Å². The van der Waals surface area contributed by atoms with Crippen LogP contribution in [0.25, 0.3) is 16.9 Å². The third kappa shape index (κ3) is 3.93. The van der Waals surface area contributed by atoms with Crippen LogP contribution in [0.1, 0.15) is 12.8 Å². The van der Waals surface area contributed by atoms with Gasteiger partial charge in [-0.1, -0.05) is 11.6 Å². The number of carbonyl (C=O) groups excluding carboxylic acids is 1. The first-order valence-electron chi connectivity index (χ1n) is 9.28. The monoisotopic (exact) mass is 399 g/mol. The van der Waals surface area contributed by atoms with Gasteiger partial charge in [-0.2, -0.15) is 4.98 Å². The van der Waals surface area contributed by atoms with Crippen molar-refractivity contribution < 1.29 is 4.79 Å². The predicted octanol–water partition coefficient (Wildman–Crippen LogP) is 2.09. The van der Waals surface area contributed by atoms with Crippen molar-refractivity contribution in [1.29, 1.82) is 0 Å². The normalized spacial score (nSPS) is 15.6. The van der Waals surface area contributed by atoms with Crippen LogP contribution in [0.3, 0.4) is 0 Å². The number of aromatic nitrogens is 4. The van der Waals surface area contributed by atoms with Crippen LogP contribution in [-0.4, -0.2) is 63.0 Å². The van der Waals surface area contributed by atoms with Crippen molar-refractivity contribution >= 4 is 34.5 Å². The molecule has 3 aromatic heterocycles. The van der Waals surface area contributed by atoms with Gasteiger partial charge in [-0.3, -0.25) is 19.2 Å². The molecule has 4 rings (SSSR count). The molecule has 2 N–H and O–H groups in total. The number of nitrogens with one attached hydrogen (secondary N) is 2. The quantitative estimate of drug-likeness (QED) is 0.683. The molecule has 1 aliphatic rings. The fourth-order valence-corrected chi connectivity index (χ4v) is 3.63. The number of amides is 1. The van der Waals surface area contributed by atoms with Crippen LogP contribution in [0.2, 0.25) is 5.02 Å². The smallest absolute Gasteiger partial charge is 0.233 e. The van der Waals surface area contributed by atoms with Crippen LogP contribution >= 0.6 is 11.6 Å². The van der Waals surface area contributed by atoms with Crippen molar-refractivity contribution in [1.82, 2.24) is 29.7 Å². The molecule has 1 saturated heterocycles. The summed E-state index contributed by atoms with van der Waals surface area (Å²) < 4.78 is 1.92. The molecule has 146 valence electrons. The molecule has 8 nitrogen and oxygen atoms in total. The number of likely N-dealkylation sites (tertiary alicyclic amines) is 1. The van der Waals surface area contributed by atoms with Crippen molar-refractivity contribution in [3.8, 4) is 5.82 Å². The molecule has 1 amide bonds. The molecule has 0 atom stereocenters. The second kappa shape index (κ2) is 8.12. The molecule has 3 aromatic rings. The number of fused-ring (bicyclic) bond motifs is 1. The van der Waals surface area contributed by atoms with Gasteiger partial charge in [-0.05, 0) is 31.0 Å². The van der Waals surface area contributed by atoms with Gasteiger partial charge >= 0.3 is 0 Å². The Bertz CT molecular complexity index is 981. The van der Waals surface area contributed by atoms with E-state index < -0.39 is 0 Å². The highest BCUT2D eigenvalue weighted by molar-refractivity contribution is 6.32. The summed E-state index contributed by atoms with van der Waals surface area (Å²) in [5, 5.41) is 6.55. The number of halogens is 1. The fraction of sp³-hybridized carbons (Fsp3) is 0.368. The van der Waals surface area contributed by atoms with E-state index in [1.54, 1.807) is 19.4 Å². The number of nitrogens with zero attached hydrogens (tertiary/aromatic N) is 5. The minimum Gasteiger partial charge on any atom is -0.358 e. The summed E-state index contributed by atoms with van der Waals surface area (Å²) in [5.41, 5.74) is 1.83. The van der Waals surface area contributed by atoms with E-state index in [0.717, 1.165) is 37.0 Å². The van der Waals surface area contributed by atoms with Crippen molar-refractivity contribution in [2.24, 2.45) is 0 Å². The van der Waals surface area contributed by atoms with Gasteiger partial charge in [0.1, 0.15) is 5.02 Å². The topological polar surface area (TPSA) is 88.0 Å². The Morgan fingerprint density at radius 1 is 1.29 bits per heavy atom. The lowest BCUT2D eigenvalue weighted by molar-refractivity contribution is -0.122. The van der Waals surface area contributed by atoms with Crippen molar-refractivity contribution in [2.45, 2.75) is 18.9 Å². The van der Waals surface area contributed by atoms with Crippen LogP contribution in [-0.2, 0) is 4.79 Å². The number of likely N-dealkylation sites (N-methyl/N-ethyl adjacent to an activating group) is 1. The summed E-state index contributed by atoms with van der Waals surface area (Å²) in [5.74, 6) is 1.22. The molecule has 0 bridgehead atoms. The minimum absolute atomic E-state index is 0.0468. The molecule has 4 heterocycles. The largest absolute Gasteiger partial charge is 0.358 e. The Labute approximate surface area is 167 Å². The standard InChI is InChI=1S/C19H22ClN7O/c1-21-17(28)12-26-8-4-13(5-9-26)24-19-23-11-14(20)18(25-19)27-10-6-15-16(27)3-2-7-22-15/h2-3,6-7,10-11,13H,4-5,8-9,12H2,1H3,(H,21,28)(H,23,24,25). The lowest BCUT2D eigenvalue weighted by Gasteiger charge is -2.31. The van der Waals surface area contributed by atoms with Crippen LogP contribution in [0.5, 0.6) is 0 Å². The van der Waals surface area contributed by atoms with Crippen LogP contribution in [0.4, 0.5) is 5.95 Å². The molecular weight excluding hydrogens is 378 g/mol. The molecule has 1 fully saturated rings. The average Bonchev–Trinajstić information content (AvgIpc) is 3.15. The van der Waals surface area contributed by atoms with Gasteiger partial charge in [0, 0.05) is 38.6 Å². The Hall–Kier alpha value is -2.71. The second-order valence-corrected chi connectivity index (χ2v) is 7.23. The van der Waals surface area contributed by atoms with Gasteiger partial charge in [-0.25, -0.2) is 4.98 Å². The maximum atomic E-state index is 11.5. The summed E-state index contributed by atoms with van der Waals surface area (Å²) in [4.78, 5) is 27.0. The summed E-state index contributed by atoms with van der Waals surface area (Å²) in [6, 6.07) is 6.07. The first-order valence-corrected chi connectivity index (χ1v) is 9.66. The van der Waals surface area contributed by atoms with E-state index >= 15 is 0 Å². The minimum atomic E-state index is 0.0468. The number of hydrogen-bond acceptors (Lipinski definition) is 6. The Balaban J connectivity index is 1.47. The average molecular weight is 400 g/mol. The number of piperidine rings is 1. The highest BCUT2D eigenvalue weighted by Gasteiger charge is 2.21. The van der Waals surface area contributed by atoms with E-state index in [9.17, 15) is 4.79 Å². The Morgan fingerprint density at radius 2 is 2.11 bits per heavy atom. The van der Waals surface area contributed by atoms with Gasteiger partial charge in [0.25, 0.3) is 0 Å². The molecule has 28 heavy (non-hydrogen) atoms. The molecular formula is C19H22ClN7O. The zero-order chi connectivity index (χ0) is 19.5. The highest BCUT2D eigenvalue weighted by Crippen LogP contribution is 2.24. The van der Waals surface area contributed by atoms with Crippen LogP contribution in [0, 0.1) is 0 Å². The molecule has 0 spiro atoms. The zero-order valence-electron chi connectivity index (χ0n) is 15.6. The first kappa shape index (κ1) is 18.6. The van der Waals surface area contributed by atoms with E-state index in [0.29, 0.717) is 23.3 Å². The predicted molar refractivity (Wildman–Crippen MR) is 109 cm³/mol. The van der Waals surface area contributed by atoms with Crippen LogP contribution < -0.4 is 10.6 Å². The van der Waals surface area contributed by atoms with E-state index in [1.165, 1.54) is 0 Å². The summed E-state index contributed by atoms with van der Waals surface area (Å²) in [6.07, 6.45) is 7.14. The van der Waals surface area contributed by atoms with Crippen molar-refractivity contribution in [3.05, 3.63) is 41.8 Å². The van der Waals surface area contributed by atoms with Gasteiger partial charge in [0.15, 0.2) is 5.82 Å². The van der Waals surface area contributed by atoms with Crippen molar-refractivity contribution in [2.75, 3.05) is 32.0 Å². The van der Waals surface area contributed by atoms with Gasteiger partial charge in [-0.15, -0.1) is 0 Å². The van der Waals surface area contributed by atoms with Crippen LogP contribution in [0.15, 0.2) is 36.8 Å². The van der Waals surface area contributed by atoms with E-state index in [2.05, 4.69) is 30.5 Å². The first-order chi connectivity index (χ1) is 13.6. The second-order valence-electron chi connectivity index (χ2n) is 6.83. The molecule has 0 aromatic carbocycles. The number of carbonyl (C=O) groups is 1. The summed E-state index contributed by atoms with van der Waals surface area (Å²) >= 11 is 6.37. The van der Waals surface area contributed by atoms with Gasteiger partial charge in [0.05, 0.1) is 23.8 Å². The molecule has 0 saturated carbocycles. The Kier molecular flexibility index (Phi) is 5.40. The fourth-order valence-electron chi connectivity index (χ4n) is 3.45. The molecule has 0 unspecified atom stereocenters. The molecule has 1 aliphatic heterocycles. The third-order valence-corrected chi connectivity index (χ3v) is 5.24. The molecule has 0 aliphatic carbocycles. The number of pyridine rings is 1. The van der Waals surface area contributed by atoms with Gasteiger partial charge in [0.2, 0.25) is 11.9 Å². The maximum Gasteiger partial charge on any atom is 0.233 e. The Morgan fingerprint density at radius 3 is 2.89 bits per heavy atom. The summed E-state index contributed by atoms with van der Waals surface area (Å²) in [6.45, 7) is 2.17. The summed E-state index contributed by atoms with van der Waals surface area (Å²) in [7, 11) is 1.66. The number of hydrogen-bond donors (Lipinski definition) is 2. The maximum absolute atomic E-state index is 11.5. The number of rotatable bonds is 5. The third-order valence-electron chi connectivity index (χ3n) is 4.98.